The fourth-order valence-corrected chi connectivity index (χ4v) is 3.00. The number of rotatable bonds is 6. The van der Waals surface area contributed by atoms with E-state index < -0.39 is 5.82 Å². The molecule has 0 aliphatic heterocycles. The first kappa shape index (κ1) is 18.5. The van der Waals surface area contributed by atoms with Crippen molar-refractivity contribution < 1.29 is 13.7 Å². The number of amides is 1. The number of nitrogens with zero attached hydrogens (tertiary/aromatic N) is 3. The Morgan fingerprint density at radius 1 is 1.35 bits per heavy atom. The second kappa shape index (κ2) is 8.41. The van der Waals surface area contributed by atoms with Gasteiger partial charge in [0.2, 0.25) is 5.91 Å². The van der Waals surface area contributed by atoms with E-state index in [1.54, 1.807) is 24.4 Å². The molecule has 6 nitrogen and oxygen atoms in total. The molecule has 1 amide bonds. The normalized spacial score (nSPS) is 10.7. The Hall–Kier alpha value is -2.26. The highest BCUT2D eigenvalue weighted by Gasteiger charge is 2.10. The fourth-order valence-electron chi connectivity index (χ4n) is 2.02. The quantitative estimate of drug-likeness (QED) is 0.579. The number of carbonyl (C=O) groups excluding carboxylic acids is 1. The van der Waals surface area contributed by atoms with Crippen LogP contribution in [0.3, 0.4) is 0 Å². The van der Waals surface area contributed by atoms with Crippen LogP contribution in [0.15, 0.2) is 50.6 Å². The summed E-state index contributed by atoms with van der Waals surface area (Å²) < 4.78 is 19.5. The van der Waals surface area contributed by atoms with Gasteiger partial charge in [0.15, 0.2) is 5.82 Å². The van der Waals surface area contributed by atoms with Crippen molar-refractivity contribution >= 4 is 39.3 Å². The molecule has 0 radical (unpaired) electrons. The summed E-state index contributed by atoms with van der Waals surface area (Å²) in [6.45, 7) is 1.94. The highest BCUT2D eigenvalue weighted by atomic mass is 79.9. The van der Waals surface area contributed by atoms with Gasteiger partial charge in [-0.05, 0) is 30.3 Å². The zero-order valence-corrected chi connectivity index (χ0v) is 16.1. The van der Waals surface area contributed by atoms with Crippen LogP contribution in [0.4, 0.5) is 10.1 Å². The highest BCUT2D eigenvalue weighted by molar-refractivity contribution is 9.10. The third-order valence-corrected chi connectivity index (χ3v) is 4.76. The van der Waals surface area contributed by atoms with Crippen molar-refractivity contribution in [2.45, 2.75) is 18.4 Å². The number of nitrogens with one attached hydrogen (secondary N) is 1. The minimum absolute atomic E-state index is 0.113. The molecule has 0 fully saturated rings. The number of hydrogen-bond acceptors (Lipinski definition) is 6. The summed E-state index contributed by atoms with van der Waals surface area (Å²) in [5, 5.41) is 7.04. The zero-order valence-electron chi connectivity index (χ0n) is 13.7. The Morgan fingerprint density at radius 2 is 2.19 bits per heavy atom. The fraction of sp³-hybridized carbons (Fsp3) is 0.176. The lowest BCUT2D eigenvalue weighted by atomic mass is 10.3. The smallest absolute Gasteiger partial charge is 0.259 e. The summed E-state index contributed by atoms with van der Waals surface area (Å²) in [4.78, 5) is 20.5. The molecule has 9 heteroatoms. The average Bonchev–Trinajstić information content (AvgIpc) is 3.12. The number of aromatic nitrogens is 3. The Labute approximate surface area is 161 Å². The Kier molecular flexibility index (Phi) is 6.00. The van der Waals surface area contributed by atoms with Crippen LogP contribution in [0.25, 0.3) is 11.5 Å². The van der Waals surface area contributed by atoms with E-state index in [-0.39, 0.29) is 17.3 Å². The van der Waals surface area contributed by atoms with Gasteiger partial charge in [0.05, 0.1) is 22.0 Å². The van der Waals surface area contributed by atoms with Crippen LogP contribution in [0.2, 0.25) is 0 Å². The number of hydrogen-bond donors (Lipinski definition) is 1. The summed E-state index contributed by atoms with van der Waals surface area (Å²) in [7, 11) is 0. The summed E-state index contributed by atoms with van der Waals surface area (Å²) >= 11 is 4.42. The number of thioether (sulfide) groups is 1. The van der Waals surface area contributed by atoms with Crippen molar-refractivity contribution in [2.24, 2.45) is 0 Å². The molecule has 0 saturated heterocycles. The van der Waals surface area contributed by atoms with Gasteiger partial charge < -0.3 is 9.84 Å². The Bertz CT molecular complexity index is 917. The van der Waals surface area contributed by atoms with Crippen molar-refractivity contribution in [1.82, 2.24) is 15.1 Å². The van der Waals surface area contributed by atoms with Gasteiger partial charge in [0.25, 0.3) is 5.89 Å². The predicted octanol–water partition coefficient (Wildman–Crippen LogP) is 4.33. The van der Waals surface area contributed by atoms with Crippen LogP contribution in [0.1, 0.15) is 12.7 Å². The van der Waals surface area contributed by atoms with Crippen molar-refractivity contribution in [3.8, 4) is 11.5 Å². The maximum atomic E-state index is 13.7. The van der Waals surface area contributed by atoms with Gasteiger partial charge >= 0.3 is 0 Å². The molecule has 3 aromatic rings. The van der Waals surface area contributed by atoms with Crippen LogP contribution < -0.4 is 5.32 Å². The lowest BCUT2D eigenvalue weighted by Gasteiger charge is -2.06. The number of pyridine rings is 1. The number of benzene rings is 1. The molecule has 0 aliphatic rings. The van der Waals surface area contributed by atoms with Crippen LogP contribution in [0.5, 0.6) is 0 Å². The molecule has 1 aromatic carbocycles. The predicted molar refractivity (Wildman–Crippen MR) is 100 cm³/mol. The number of halogens is 2. The van der Waals surface area contributed by atoms with Crippen molar-refractivity contribution in [1.29, 1.82) is 0 Å². The molecule has 134 valence electrons. The van der Waals surface area contributed by atoms with E-state index in [0.717, 1.165) is 0 Å². The summed E-state index contributed by atoms with van der Waals surface area (Å²) in [5.74, 6) is 0.352. The molecule has 3 rings (SSSR count). The van der Waals surface area contributed by atoms with E-state index >= 15 is 0 Å². The average molecular weight is 437 g/mol. The van der Waals surface area contributed by atoms with Gasteiger partial charge in [0.1, 0.15) is 5.82 Å². The molecule has 0 bridgehead atoms. The van der Waals surface area contributed by atoms with Gasteiger partial charge in [-0.2, -0.15) is 4.98 Å². The summed E-state index contributed by atoms with van der Waals surface area (Å²) in [6.07, 6.45) is 2.31. The highest BCUT2D eigenvalue weighted by Crippen LogP contribution is 2.22. The first-order valence-electron chi connectivity index (χ1n) is 7.72. The van der Waals surface area contributed by atoms with Gasteiger partial charge in [-0.1, -0.05) is 39.8 Å². The molecular formula is C17H14BrFN4O2S. The zero-order chi connectivity index (χ0) is 18.5. The molecule has 0 spiro atoms. The molecular weight excluding hydrogens is 423 g/mol. The summed E-state index contributed by atoms with van der Waals surface area (Å²) in [6, 6.07) is 8.03. The molecule has 2 heterocycles. The minimum atomic E-state index is -0.494. The first-order chi connectivity index (χ1) is 12.5. The SMILES string of the molecule is CCc1noc(-c2ccc(SCC(=O)Nc3ccc(Br)cc3F)nc2)n1. The van der Waals surface area contributed by atoms with E-state index in [2.05, 4.69) is 36.4 Å². The lowest BCUT2D eigenvalue weighted by Crippen LogP contribution is -2.15. The minimum Gasteiger partial charge on any atom is -0.334 e. The van der Waals surface area contributed by atoms with E-state index in [1.807, 2.05) is 6.92 Å². The molecule has 0 unspecified atom stereocenters. The maximum absolute atomic E-state index is 13.7. The van der Waals surface area contributed by atoms with Crippen LogP contribution in [0, 0.1) is 5.82 Å². The topological polar surface area (TPSA) is 80.9 Å². The molecule has 1 N–H and O–H groups in total. The molecule has 26 heavy (non-hydrogen) atoms. The van der Waals surface area contributed by atoms with Gasteiger partial charge in [-0.15, -0.1) is 0 Å². The number of anilines is 1. The Balaban J connectivity index is 1.56. The van der Waals surface area contributed by atoms with Crippen LogP contribution >= 0.6 is 27.7 Å². The standard InChI is InChI=1S/C17H14BrFN4O2S/c1-2-14-22-17(25-23-14)10-3-6-16(20-8-10)26-9-15(24)21-13-5-4-11(18)7-12(13)19/h3-8H,2,9H2,1H3,(H,21,24). The van der Waals surface area contributed by atoms with Crippen LogP contribution in [-0.2, 0) is 11.2 Å². The monoisotopic (exact) mass is 436 g/mol. The van der Waals surface area contributed by atoms with Gasteiger partial charge in [0, 0.05) is 17.1 Å². The largest absolute Gasteiger partial charge is 0.334 e. The molecule has 0 saturated carbocycles. The van der Waals surface area contributed by atoms with Crippen molar-refractivity contribution in [2.75, 3.05) is 11.1 Å². The molecule has 2 aromatic heterocycles. The van der Waals surface area contributed by atoms with E-state index in [9.17, 15) is 9.18 Å². The van der Waals surface area contributed by atoms with Gasteiger partial charge in [-0.3, -0.25) is 4.79 Å². The van der Waals surface area contributed by atoms with Gasteiger partial charge in [-0.25, -0.2) is 9.37 Å². The second-order valence-corrected chi connectivity index (χ2v) is 7.13. The van der Waals surface area contributed by atoms with Crippen molar-refractivity contribution in [3.05, 3.63) is 52.6 Å². The second-order valence-electron chi connectivity index (χ2n) is 5.22. The lowest BCUT2D eigenvalue weighted by molar-refractivity contribution is -0.113. The Morgan fingerprint density at radius 3 is 2.85 bits per heavy atom. The molecule has 0 aliphatic carbocycles. The maximum Gasteiger partial charge on any atom is 0.259 e. The number of carbonyl (C=O) groups is 1. The molecule has 0 atom stereocenters. The van der Waals surface area contributed by atoms with E-state index in [4.69, 9.17) is 4.52 Å². The van der Waals surface area contributed by atoms with Crippen molar-refractivity contribution in [3.63, 3.8) is 0 Å². The third-order valence-electron chi connectivity index (χ3n) is 3.32. The third kappa shape index (κ3) is 4.67. The van der Waals surface area contributed by atoms with Crippen LogP contribution in [-0.4, -0.2) is 26.8 Å². The van der Waals surface area contributed by atoms with E-state index in [1.165, 1.54) is 23.9 Å². The summed E-state index contributed by atoms with van der Waals surface area (Å²) in [5.41, 5.74) is 0.855. The van der Waals surface area contributed by atoms with E-state index in [0.29, 0.717) is 33.2 Å². The first-order valence-corrected chi connectivity index (χ1v) is 9.49. The number of aryl methyl sites for hydroxylation is 1.